The second-order valence-electron chi connectivity index (χ2n) is 3.20. The van der Waals surface area contributed by atoms with Gasteiger partial charge in [-0.1, -0.05) is 6.07 Å². The molecule has 1 aromatic rings. The summed E-state index contributed by atoms with van der Waals surface area (Å²) in [5.41, 5.74) is 0. The largest absolute Gasteiger partial charge is 0.481 e. The van der Waals surface area contributed by atoms with E-state index < -0.39 is 36.8 Å². The SMILES string of the molecule is O=C(O)CC(NC(=O)c1cccs1)C(=O)CF. The van der Waals surface area contributed by atoms with Gasteiger partial charge in [0.2, 0.25) is 0 Å². The first-order valence-electron chi connectivity index (χ1n) is 4.69. The molecule has 0 aliphatic heterocycles. The van der Waals surface area contributed by atoms with Crippen LogP contribution in [0, 0.1) is 0 Å². The van der Waals surface area contributed by atoms with Crippen LogP contribution in [0.5, 0.6) is 0 Å². The third-order valence-corrected chi connectivity index (χ3v) is 2.82. The predicted octanol–water partition coefficient (Wildman–Crippen LogP) is 0.860. The zero-order valence-corrected chi connectivity index (χ0v) is 9.50. The summed E-state index contributed by atoms with van der Waals surface area (Å²) in [4.78, 5) is 33.5. The van der Waals surface area contributed by atoms with Crippen LogP contribution in [0.1, 0.15) is 16.1 Å². The fraction of sp³-hybridized carbons (Fsp3) is 0.300. The van der Waals surface area contributed by atoms with Crippen molar-refractivity contribution in [2.75, 3.05) is 6.67 Å². The highest BCUT2D eigenvalue weighted by Gasteiger charge is 2.24. The first kappa shape index (κ1) is 13.3. The molecule has 1 rings (SSSR count). The van der Waals surface area contributed by atoms with Gasteiger partial charge in [0.1, 0.15) is 12.7 Å². The smallest absolute Gasteiger partial charge is 0.305 e. The quantitative estimate of drug-likeness (QED) is 0.793. The van der Waals surface area contributed by atoms with Gasteiger partial charge in [-0.15, -0.1) is 11.3 Å². The molecular weight excluding hydrogens is 249 g/mol. The molecule has 92 valence electrons. The number of rotatable bonds is 6. The summed E-state index contributed by atoms with van der Waals surface area (Å²) >= 11 is 1.15. The van der Waals surface area contributed by atoms with Crippen LogP contribution in [0.3, 0.4) is 0 Å². The van der Waals surface area contributed by atoms with E-state index in [2.05, 4.69) is 5.32 Å². The van der Waals surface area contributed by atoms with E-state index in [0.717, 1.165) is 11.3 Å². The topological polar surface area (TPSA) is 83.5 Å². The predicted molar refractivity (Wildman–Crippen MR) is 58.8 cm³/mol. The second-order valence-corrected chi connectivity index (χ2v) is 4.15. The van der Waals surface area contributed by atoms with Gasteiger partial charge in [0.05, 0.1) is 11.3 Å². The van der Waals surface area contributed by atoms with Gasteiger partial charge in [0.15, 0.2) is 5.78 Å². The molecule has 1 atom stereocenters. The number of ketones is 1. The highest BCUT2D eigenvalue weighted by Crippen LogP contribution is 2.09. The van der Waals surface area contributed by atoms with Gasteiger partial charge in [-0.2, -0.15) is 0 Å². The van der Waals surface area contributed by atoms with Crippen LogP contribution >= 0.6 is 11.3 Å². The number of aliphatic carboxylic acids is 1. The number of alkyl halides is 1. The Morgan fingerprint density at radius 2 is 2.18 bits per heavy atom. The Morgan fingerprint density at radius 1 is 1.47 bits per heavy atom. The van der Waals surface area contributed by atoms with Crippen LogP contribution in [-0.2, 0) is 9.59 Å². The third kappa shape index (κ3) is 3.95. The number of carboxylic acid groups (broad SMARTS) is 1. The number of halogens is 1. The Kier molecular flexibility index (Phi) is 4.77. The van der Waals surface area contributed by atoms with Gasteiger partial charge >= 0.3 is 5.97 Å². The molecule has 0 saturated carbocycles. The maximum absolute atomic E-state index is 12.2. The number of nitrogens with one attached hydrogen (secondary N) is 1. The van der Waals surface area contributed by atoms with Gasteiger partial charge < -0.3 is 10.4 Å². The van der Waals surface area contributed by atoms with Gasteiger partial charge in [0, 0.05) is 0 Å². The molecule has 1 unspecified atom stereocenters. The normalized spacial score (nSPS) is 11.8. The van der Waals surface area contributed by atoms with Crippen LogP contribution in [0.4, 0.5) is 4.39 Å². The molecule has 1 aromatic heterocycles. The zero-order valence-electron chi connectivity index (χ0n) is 8.68. The molecule has 2 N–H and O–H groups in total. The minimum atomic E-state index is -1.33. The Bertz CT molecular complexity index is 418. The molecule has 1 heterocycles. The minimum Gasteiger partial charge on any atom is -0.481 e. The molecule has 0 saturated heterocycles. The van der Waals surface area contributed by atoms with Crippen molar-refractivity contribution in [3.63, 3.8) is 0 Å². The highest BCUT2D eigenvalue weighted by molar-refractivity contribution is 7.12. The summed E-state index contributed by atoms with van der Waals surface area (Å²) in [6.45, 7) is -1.30. The van der Waals surface area contributed by atoms with Crippen molar-refractivity contribution in [2.45, 2.75) is 12.5 Å². The van der Waals surface area contributed by atoms with Crippen molar-refractivity contribution >= 4 is 29.0 Å². The van der Waals surface area contributed by atoms with Crippen molar-refractivity contribution in [2.24, 2.45) is 0 Å². The van der Waals surface area contributed by atoms with Crippen molar-refractivity contribution in [3.8, 4) is 0 Å². The van der Waals surface area contributed by atoms with Gasteiger partial charge in [-0.25, -0.2) is 4.39 Å². The number of carbonyl (C=O) groups excluding carboxylic acids is 2. The first-order valence-corrected chi connectivity index (χ1v) is 5.57. The van der Waals surface area contributed by atoms with Crippen molar-refractivity contribution in [3.05, 3.63) is 22.4 Å². The average Bonchev–Trinajstić information content (AvgIpc) is 2.79. The van der Waals surface area contributed by atoms with Gasteiger partial charge in [-0.05, 0) is 11.4 Å². The lowest BCUT2D eigenvalue weighted by atomic mass is 10.1. The molecule has 0 aromatic carbocycles. The molecule has 0 spiro atoms. The van der Waals surface area contributed by atoms with Gasteiger partial charge in [0.25, 0.3) is 5.91 Å². The Morgan fingerprint density at radius 3 is 2.65 bits per heavy atom. The number of Topliss-reactive ketones (excluding diaryl/α,β-unsaturated/α-hetero) is 1. The minimum absolute atomic E-state index is 0.340. The maximum atomic E-state index is 12.2. The van der Waals surface area contributed by atoms with Crippen LogP contribution in [-0.4, -0.2) is 35.5 Å². The maximum Gasteiger partial charge on any atom is 0.305 e. The lowest BCUT2D eigenvalue weighted by Gasteiger charge is -2.13. The molecular formula is C10H10FNO4S. The van der Waals surface area contributed by atoms with Crippen LogP contribution < -0.4 is 5.32 Å². The molecule has 0 aliphatic rings. The van der Waals surface area contributed by atoms with Crippen LogP contribution in [0.15, 0.2) is 17.5 Å². The number of carbonyl (C=O) groups is 3. The highest BCUT2D eigenvalue weighted by atomic mass is 32.1. The third-order valence-electron chi connectivity index (χ3n) is 1.95. The standard InChI is InChI=1S/C10H10FNO4S/c11-5-7(13)6(4-9(14)15)12-10(16)8-2-1-3-17-8/h1-3,6H,4-5H2,(H,12,16)(H,14,15). The summed E-state index contributed by atoms with van der Waals surface area (Å²) in [7, 11) is 0. The molecule has 7 heteroatoms. The van der Waals surface area contributed by atoms with E-state index in [4.69, 9.17) is 5.11 Å². The summed E-state index contributed by atoms with van der Waals surface area (Å²) in [6, 6.07) is 1.84. The van der Waals surface area contributed by atoms with Gasteiger partial charge in [-0.3, -0.25) is 14.4 Å². The summed E-state index contributed by atoms with van der Waals surface area (Å²) in [6.07, 6.45) is -0.625. The summed E-state index contributed by atoms with van der Waals surface area (Å²) in [5, 5.41) is 12.4. The molecule has 5 nitrogen and oxygen atoms in total. The van der Waals surface area contributed by atoms with Crippen LogP contribution in [0.25, 0.3) is 0 Å². The summed E-state index contributed by atoms with van der Waals surface area (Å²) in [5.74, 6) is -2.80. The lowest BCUT2D eigenvalue weighted by Crippen LogP contribution is -2.42. The first-order chi connectivity index (χ1) is 8.04. The molecule has 17 heavy (non-hydrogen) atoms. The number of carboxylic acids is 1. The van der Waals surface area contributed by atoms with E-state index in [-0.39, 0.29) is 0 Å². The lowest BCUT2D eigenvalue weighted by molar-refractivity contribution is -0.139. The number of amides is 1. The van der Waals surface area contributed by atoms with E-state index in [1.807, 2.05) is 0 Å². The Labute approximate surface area is 100 Å². The fourth-order valence-electron chi connectivity index (χ4n) is 1.15. The van der Waals surface area contributed by atoms with Crippen molar-refractivity contribution in [1.29, 1.82) is 0 Å². The van der Waals surface area contributed by atoms with E-state index in [0.29, 0.717) is 4.88 Å². The summed E-state index contributed by atoms with van der Waals surface area (Å²) < 4.78 is 12.2. The van der Waals surface area contributed by atoms with Crippen molar-refractivity contribution < 1.29 is 23.9 Å². The van der Waals surface area contributed by atoms with E-state index in [9.17, 15) is 18.8 Å². The molecule has 1 amide bonds. The molecule has 0 aliphatic carbocycles. The number of hydrogen-bond acceptors (Lipinski definition) is 4. The second kappa shape index (κ2) is 6.09. The average molecular weight is 259 g/mol. The number of thiophene rings is 1. The van der Waals surface area contributed by atoms with E-state index in [1.54, 1.807) is 11.4 Å². The monoisotopic (exact) mass is 259 g/mol. The molecule has 0 radical (unpaired) electrons. The van der Waals surface area contributed by atoms with E-state index >= 15 is 0 Å². The Hall–Kier alpha value is -1.76. The molecule has 0 bridgehead atoms. The zero-order chi connectivity index (χ0) is 12.8. The van der Waals surface area contributed by atoms with Crippen LogP contribution in [0.2, 0.25) is 0 Å². The Balaban J connectivity index is 2.69. The van der Waals surface area contributed by atoms with E-state index in [1.165, 1.54) is 6.07 Å². The molecule has 0 fully saturated rings. The fourth-order valence-corrected chi connectivity index (χ4v) is 1.78. The van der Waals surface area contributed by atoms with Crippen molar-refractivity contribution in [1.82, 2.24) is 5.32 Å². The number of hydrogen-bond donors (Lipinski definition) is 2.